The van der Waals surface area contributed by atoms with Crippen LogP contribution in [0.25, 0.3) is 0 Å². The Morgan fingerprint density at radius 2 is 1.86 bits per heavy atom. The van der Waals surface area contributed by atoms with Gasteiger partial charge >= 0.3 is 0 Å². The number of nitrogens with zero attached hydrogens (tertiary/aromatic N) is 3. The number of carbonyl (C=O) groups excluding carboxylic acids is 2. The lowest BCUT2D eigenvalue weighted by atomic mass is 10.2. The Bertz CT molecular complexity index is 813. The zero-order chi connectivity index (χ0) is 20.1. The Morgan fingerprint density at radius 3 is 2.46 bits per heavy atom. The maximum Gasteiger partial charge on any atom is 0.239 e. The third kappa shape index (κ3) is 5.59. The molecule has 1 aliphatic rings. The van der Waals surface area contributed by atoms with Gasteiger partial charge in [0.15, 0.2) is 5.82 Å². The van der Waals surface area contributed by atoms with E-state index in [1.807, 2.05) is 16.7 Å². The first-order valence-electron chi connectivity index (χ1n) is 9.38. The number of aryl methyl sites for hydroxylation is 2. The van der Waals surface area contributed by atoms with Gasteiger partial charge in [0.05, 0.1) is 11.8 Å². The van der Waals surface area contributed by atoms with Crippen molar-refractivity contribution in [3.05, 3.63) is 41.7 Å². The summed E-state index contributed by atoms with van der Waals surface area (Å²) in [5.41, 5.74) is 1.21. The molecule has 1 saturated heterocycles. The average Bonchev–Trinajstić information content (AvgIpc) is 3.08. The summed E-state index contributed by atoms with van der Waals surface area (Å²) >= 11 is 1.58. The van der Waals surface area contributed by atoms with Gasteiger partial charge in [-0.05, 0) is 32.9 Å². The maximum absolute atomic E-state index is 12.7. The fourth-order valence-corrected chi connectivity index (χ4v) is 4.02. The molecule has 150 valence electrons. The van der Waals surface area contributed by atoms with Gasteiger partial charge < -0.3 is 14.7 Å². The topological polar surface area (TPSA) is 78.7 Å². The highest BCUT2D eigenvalue weighted by Crippen LogP contribution is 2.25. The molecule has 0 radical (unpaired) electrons. The zero-order valence-corrected chi connectivity index (χ0v) is 17.3. The summed E-state index contributed by atoms with van der Waals surface area (Å²) in [4.78, 5) is 29.9. The molecule has 28 heavy (non-hydrogen) atoms. The van der Waals surface area contributed by atoms with E-state index in [0.717, 1.165) is 4.90 Å². The van der Waals surface area contributed by atoms with Crippen LogP contribution in [0.4, 0.5) is 5.82 Å². The monoisotopic (exact) mass is 402 g/mol. The van der Waals surface area contributed by atoms with E-state index < -0.39 is 0 Å². The van der Waals surface area contributed by atoms with Crippen LogP contribution in [0, 0.1) is 13.8 Å². The van der Waals surface area contributed by atoms with E-state index >= 15 is 0 Å². The number of aromatic nitrogens is 1. The Kier molecular flexibility index (Phi) is 6.74. The SMILES string of the molecule is Cc1ccc(SC(C)C(=O)N2CCN(CC(=O)Nc3cc(C)on3)CC2)cc1. The Morgan fingerprint density at radius 1 is 1.18 bits per heavy atom. The number of carbonyl (C=O) groups is 2. The molecule has 1 aliphatic heterocycles. The van der Waals surface area contributed by atoms with Crippen LogP contribution in [0.5, 0.6) is 0 Å². The van der Waals surface area contributed by atoms with Crippen LogP contribution in [-0.4, -0.2) is 64.7 Å². The molecular weight excluding hydrogens is 376 g/mol. The molecule has 0 bridgehead atoms. The molecule has 0 aliphatic carbocycles. The standard InChI is InChI=1S/C20H26N4O3S/c1-14-4-6-17(7-5-14)28-16(3)20(26)24-10-8-23(9-11-24)13-19(25)21-18-12-15(2)27-22-18/h4-7,12,16H,8-11,13H2,1-3H3,(H,21,22,25). The van der Waals surface area contributed by atoms with Crippen molar-refractivity contribution in [3.8, 4) is 0 Å². The molecule has 1 aromatic carbocycles. The van der Waals surface area contributed by atoms with Crippen molar-refractivity contribution in [1.29, 1.82) is 0 Å². The number of hydrogen-bond donors (Lipinski definition) is 1. The number of nitrogens with one attached hydrogen (secondary N) is 1. The third-order valence-electron chi connectivity index (χ3n) is 4.63. The number of piperazine rings is 1. The van der Waals surface area contributed by atoms with E-state index in [4.69, 9.17) is 4.52 Å². The van der Waals surface area contributed by atoms with E-state index in [0.29, 0.717) is 37.8 Å². The summed E-state index contributed by atoms with van der Waals surface area (Å²) in [6.07, 6.45) is 0. The molecule has 0 saturated carbocycles. The van der Waals surface area contributed by atoms with Crippen LogP contribution in [0.15, 0.2) is 39.8 Å². The van der Waals surface area contributed by atoms with Gasteiger partial charge in [-0.3, -0.25) is 14.5 Å². The van der Waals surface area contributed by atoms with Crippen LogP contribution >= 0.6 is 11.8 Å². The van der Waals surface area contributed by atoms with E-state index in [-0.39, 0.29) is 23.6 Å². The number of hydrogen-bond acceptors (Lipinski definition) is 6. The molecular formula is C20H26N4O3S. The lowest BCUT2D eigenvalue weighted by molar-refractivity contribution is -0.132. The molecule has 1 aromatic heterocycles. The Hall–Kier alpha value is -2.32. The predicted octanol–water partition coefficient (Wildman–Crippen LogP) is 2.55. The highest BCUT2D eigenvalue weighted by Gasteiger charge is 2.26. The second-order valence-corrected chi connectivity index (χ2v) is 8.46. The first kappa shape index (κ1) is 20.4. The summed E-state index contributed by atoms with van der Waals surface area (Å²) in [7, 11) is 0. The Labute approximate surface area is 169 Å². The van der Waals surface area contributed by atoms with Crippen LogP contribution < -0.4 is 5.32 Å². The summed E-state index contributed by atoms with van der Waals surface area (Å²) < 4.78 is 4.94. The number of benzene rings is 1. The molecule has 1 unspecified atom stereocenters. The number of rotatable bonds is 6. The molecule has 7 nitrogen and oxygen atoms in total. The maximum atomic E-state index is 12.7. The van der Waals surface area contributed by atoms with Crippen molar-refractivity contribution < 1.29 is 14.1 Å². The van der Waals surface area contributed by atoms with Crippen LogP contribution in [0.2, 0.25) is 0 Å². The number of anilines is 1. The molecule has 3 rings (SSSR count). The van der Waals surface area contributed by atoms with Crippen molar-refractivity contribution in [3.63, 3.8) is 0 Å². The summed E-state index contributed by atoms with van der Waals surface area (Å²) in [6.45, 7) is 8.68. The minimum absolute atomic E-state index is 0.128. The summed E-state index contributed by atoms with van der Waals surface area (Å²) in [6, 6.07) is 9.91. The zero-order valence-electron chi connectivity index (χ0n) is 16.5. The number of amides is 2. The molecule has 2 aromatic rings. The smallest absolute Gasteiger partial charge is 0.239 e. The van der Waals surface area contributed by atoms with E-state index in [2.05, 4.69) is 41.7 Å². The molecule has 2 amide bonds. The van der Waals surface area contributed by atoms with Crippen molar-refractivity contribution in [2.24, 2.45) is 0 Å². The molecule has 2 heterocycles. The summed E-state index contributed by atoms with van der Waals surface area (Å²) in [5.74, 6) is 1.10. The Balaban J connectivity index is 1.43. The molecule has 0 spiro atoms. The number of thioether (sulfide) groups is 1. The van der Waals surface area contributed by atoms with Crippen molar-refractivity contribution in [1.82, 2.24) is 15.0 Å². The molecule has 1 N–H and O–H groups in total. The normalized spacial score (nSPS) is 16.0. The van der Waals surface area contributed by atoms with Gasteiger partial charge in [0.1, 0.15) is 5.76 Å². The highest BCUT2D eigenvalue weighted by atomic mass is 32.2. The first-order valence-corrected chi connectivity index (χ1v) is 10.3. The van der Waals surface area contributed by atoms with E-state index in [1.54, 1.807) is 24.8 Å². The van der Waals surface area contributed by atoms with Gasteiger partial charge in [0.2, 0.25) is 11.8 Å². The highest BCUT2D eigenvalue weighted by molar-refractivity contribution is 8.00. The van der Waals surface area contributed by atoms with Gasteiger partial charge in [-0.15, -0.1) is 11.8 Å². The lowest BCUT2D eigenvalue weighted by Gasteiger charge is -2.35. The fraction of sp³-hybridized carbons (Fsp3) is 0.450. The third-order valence-corrected chi connectivity index (χ3v) is 5.73. The summed E-state index contributed by atoms with van der Waals surface area (Å²) in [5, 5.41) is 6.35. The second-order valence-electron chi connectivity index (χ2n) is 7.05. The molecule has 1 atom stereocenters. The van der Waals surface area contributed by atoms with Crippen LogP contribution in [-0.2, 0) is 9.59 Å². The minimum Gasteiger partial charge on any atom is -0.360 e. The second kappa shape index (κ2) is 9.25. The lowest BCUT2D eigenvalue weighted by Crippen LogP contribution is -2.52. The van der Waals surface area contributed by atoms with Crippen LogP contribution in [0.3, 0.4) is 0 Å². The van der Waals surface area contributed by atoms with Gasteiger partial charge in [-0.25, -0.2) is 0 Å². The molecule has 8 heteroatoms. The van der Waals surface area contributed by atoms with Gasteiger partial charge in [0.25, 0.3) is 0 Å². The average molecular weight is 403 g/mol. The first-order chi connectivity index (χ1) is 13.4. The van der Waals surface area contributed by atoms with Crippen LogP contribution in [0.1, 0.15) is 18.2 Å². The van der Waals surface area contributed by atoms with Crippen molar-refractivity contribution in [2.45, 2.75) is 30.9 Å². The largest absolute Gasteiger partial charge is 0.360 e. The molecule has 1 fully saturated rings. The minimum atomic E-state index is -0.132. The van der Waals surface area contributed by atoms with Crippen molar-refractivity contribution in [2.75, 3.05) is 38.0 Å². The van der Waals surface area contributed by atoms with Crippen molar-refractivity contribution >= 4 is 29.4 Å². The van der Waals surface area contributed by atoms with Gasteiger partial charge in [-0.2, -0.15) is 0 Å². The van der Waals surface area contributed by atoms with E-state index in [9.17, 15) is 9.59 Å². The fourth-order valence-electron chi connectivity index (χ4n) is 3.07. The van der Waals surface area contributed by atoms with Gasteiger partial charge in [0, 0.05) is 37.1 Å². The quantitative estimate of drug-likeness (QED) is 0.748. The van der Waals surface area contributed by atoms with E-state index in [1.165, 1.54) is 5.56 Å². The van der Waals surface area contributed by atoms with Gasteiger partial charge in [-0.1, -0.05) is 22.9 Å². The predicted molar refractivity (Wildman–Crippen MR) is 109 cm³/mol.